The Morgan fingerprint density at radius 1 is 1.40 bits per heavy atom. The predicted molar refractivity (Wildman–Crippen MR) is 78.9 cm³/mol. The molecule has 4 heteroatoms. The second-order valence-electron chi connectivity index (χ2n) is 5.97. The molecule has 0 fully saturated rings. The maximum Gasteiger partial charge on any atom is 0.306 e. The van der Waals surface area contributed by atoms with Crippen LogP contribution < -0.4 is 0 Å². The minimum atomic E-state index is -0.679. The summed E-state index contributed by atoms with van der Waals surface area (Å²) >= 11 is 0. The molecule has 0 bridgehead atoms. The van der Waals surface area contributed by atoms with Crippen molar-refractivity contribution in [1.82, 2.24) is 9.55 Å². The molecule has 1 N–H and O–H groups in total. The Labute approximate surface area is 121 Å². The van der Waals surface area contributed by atoms with E-state index in [1.165, 1.54) is 37.2 Å². The summed E-state index contributed by atoms with van der Waals surface area (Å²) < 4.78 is 2.24. The molecule has 0 aromatic carbocycles. The van der Waals surface area contributed by atoms with E-state index in [1.807, 2.05) is 0 Å². The van der Waals surface area contributed by atoms with E-state index in [-0.39, 0.29) is 5.92 Å². The maximum atomic E-state index is 11.2. The lowest BCUT2D eigenvalue weighted by atomic mass is 9.90. The van der Waals surface area contributed by atoms with Crippen molar-refractivity contribution in [3.8, 4) is 0 Å². The first-order valence-corrected chi connectivity index (χ1v) is 7.85. The molecule has 0 spiro atoms. The molecule has 1 aliphatic rings. The average Bonchev–Trinajstić information content (AvgIpc) is 2.75. The minimum absolute atomic E-state index is 0.249. The van der Waals surface area contributed by atoms with Gasteiger partial charge in [-0.1, -0.05) is 26.7 Å². The van der Waals surface area contributed by atoms with Crippen molar-refractivity contribution in [1.29, 1.82) is 0 Å². The van der Waals surface area contributed by atoms with Crippen LogP contribution in [0.5, 0.6) is 0 Å². The second-order valence-corrected chi connectivity index (χ2v) is 5.97. The molecule has 1 aromatic rings. The van der Waals surface area contributed by atoms with Crippen LogP contribution in [0.4, 0.5) is 0 Å². The van der Waals surface area contributed by atoms with E-state index in [2.05, 4.69) is 25.5 Å². The lowest BCUT2D eigenvalue weighted by molar-refractivity contribution is -0.142. The molecule has 0 aliphatic heterocycles. The standard InChI is InChI=1S/C16H26N2O2/c1-4-6-11(7-5-2)15-17-13-10-12(16(19)20)8-9-14(13)18(15)3/h11-12H,4-10H2,1-3H3,(H,19,20). The number of hydrogen-bond acceptors (Lipinski definition) is 2. The summed E-state index contributed by atoms with van der Waals surface area (Å²) in [6.07, 6.45) is 6.86. The molecule has 0 saturated heterocycles. The Hall–Kier alpha value is -1.32. The minimum Gasteiger partial charge on any atom is -0.481 e. The van der Waals surface area contributed by atoms with Gasteiger partial charge in [-0.25, -0.2) is 4.98 Å². The first-order chi connectivity index (χ1) is 9.58. The average molecular weight is 278 g/mol. The number of fused-ring (bicyclic) bond motifs is 1. The van der Waals surface area contributed by atoms with Crippen LogP contribution in [0.3, 0.4) is 0 Å². The molecule has 2 rings (SSSR count). The van der Waals surface area contributed by atoms with Crippen LogP contribution in [-0.2, 0) is 24.7 Å². The molecule has 1 atom stereocenters. The summed E-state index contributed by atoms with van der Waals surface area (Å²) in [5.74, 6) is 0.760. The number of aliphatic carboxylic acids is 1. The Morgan fingerprint density at radius 2 is 2.05 bits per heavy atom. The lowest BCUT2D eigenvalue weighted by Gasteiger charge is -2.19. The highest BCUT2D eigenvalue weighted by Crippen LogP contribution is 2.31. The maximum absolute atomic E-state index is 11.2. The Kier molecular flexibility index (Phi) is 4.84. The van der Waals surface area contributed by atoms with Crippen LogP contribution in [-0.4, -0.2) is 20.6 Å². The zero-order chi connectivity index (χ0) is 14.7. The quantitative estimate of drug-likeness (QED) is 0.868. The number of carboxylic acid groups (broad SMARTS) is 1. The Bertz CT molecular complexity index is 473. The lowest BCUT2D eigenvalue weighted by Crippen LogP contribution is -2.22. The van der Waals surface area contributed by atoms with Gasteiger partial charge in [0.2, 0.25) is 0 Å². The molecule has 0 amide bonds. The van der Waals surface area contributed by atoms with Crippen molar-refractivity contribution in [2.75, 3.05) is 0 Å². The third-order valence-electron chi connectivity index (χ3n) is 4.49. The van der Waals surface area contributed by atoms with E-state index < -0.39 is 5.97 Å². The summed E-state index contributed by atoms with van der Waals surface area (Å²) in [4.78, 5) is 16.0. The van der Waals surface area contributed by atoms with E-state index in [1.54, 1.807) is 0 Å². The summed E-state index contributed by atoms with van der Waals surface area (Å²) in [6.45, 7) is 4.43. The molecular weight excluding hydrogens is 252 g/mol. The van der Waals surface area contributed by atoms with Crippen LogP contribution in [0.15, 0.2) is 0 Å². The number of carboxylic acids is 1. The number of hydrogen-bond donors (Lipinski definition) is 1. The normalized spacial score (nSPS) is 18.3. The molecule has 0 saturated carbocycles. The van der Waals surface area contributed by atoms with Gasteiger partial charge in [-0.15, -0.1) is 0 Å². The fraction of sp³-hybridized carbons (Fsp3) is 0.750. The van der Waals surface area contributed by atoms with E-state index >= 15 is 0 Å². The van der Waals surface area contributed by atoms with Gasteiger partial charge in [0, 0.05) is 25.1 Å². The van der Waals surface area contributed by atoms with Gasteiger partial charge in [-0.2, -0.15) is 0 Å². The van der Waals surface area contributed by atoms with Gasteiger partial charge >= 0.3 is 5.97 Å². The second kappa shape index (κ2) is 6.42. The van der Waals surface area contributed by atoms with E-state index in [9.17, 15) is 9.90 Å². The first-order valence-electron chi connectivity index (χ1n) is 7.85. The molecule has 20 heavy (non-hydrogen) atoms. The van der Waals surface area contributed by atoms with Crippen LogP contribution in [0, 0.1) is 5.92 Å². The van der Waals surface area contributed by atoms with Crippen molar-refractivity contribution < 1.29 is 9.90 Å². The van der Waals surface area contributed by atoms with Gasteiger partial charge < -0.3 is 9.67 Å². The number of carbonyl (C=O) groups is 1. The largest absolute Gasteiger partial charge is 0.481 e. The summed E-state index contributed by atoms with van der Waals surface area (Å²) in [7, 11) is 2.10. The van der Waals surface area contributed by atoms with Crippen molar-refractivity contribution in [2.24, 2.45) is 13.0 Å². The molecule has 1 unspecified atom stereocenters. The van der Waals surface area contributed by atoms with Crippen LogP contribution >= 0.6 is 0 Å². The first kappa shape index (κ1) is 15.1. The molecule has 1 aromatic heterocycles. The van der Waals surface area contributed by atoms with E-state index in [0.29, 0.717) is 12.3 Å². The number of nitrogens with zero attached hydrogens (tertiary/aromatic N) is 2. The monoisotopic (exact) mass is 278 g/mol. The predicted octanol–water partition coefficient (Wildman–Crippen LogP) is 3.29. The van der Waals surface area contributed by atoms with Crippen molar-refractivity contribution in [2.45, 2.75) is 64.7 Å². The highest BCUT2D eigenvalue weighted by molar-refractivity contribution is 5.70. The van der Waals surface area contributed by atoms with Gasteiger partial charge in [-0.05, 0) is 25.7 Å². The molecule has 1 heterocycles. The Balaban J connectivity index is 2.26. The van der Waals surface area contributed by atoms with Crippen molar-refractivity contribution >= 4 is 5.97 Å². The van der Waals surface area contributed by atoms with E-state index in [0.717, 1.165) is 18.5 Å². The van der Waals surface area contributed by atoms with Gasteiger partial charge in [0.05, 0.1) is 11.6 Å². The summed E-state index contributed by atoms with van der Waals surface area (Å²) in [5, 5.41) is 9.18. The number of rotatable bonds is 6. The zero-order valence-corrected chi connectivity index (χ0v) is 12.9. The summed E-state index contributed by atoms with van der Waals surface area (Å²) in [6, 6.07) is 0. The molecule has 0 radical (unpaired) electrons. The molecular formula is C16H26N2O2. The van der Waals surface area contributed by atoms with Gasteiger partial charge in [0.25, 0.3) is 0 Å². The molecule has 112 valence electrons. The van der Waals surface area contributed by atoms with Crippen molar-refractivity contribution in [3.05, 3.63) is 17.2 Å². The molecule has 4 nitrogen and oxygen atoms in total. The topological polar surface area (TPSA) is 55.1 Å². The highest BCUT2D eigenvalue weighted by atomic mass is 16.4. The van der Waals surface area contributed by atoms with Gasteiger partial charge in [0.1, 0.15) is 5.82 Å². The van der Waals surface area contributed by atoms with Crippen LogP contribution in [0.1, 0.15) is 69.1 Å². The fourth-order valence-corrected chi connectivity index (χ4v) is 3.41. The third-order valence-corrected chi connectivity index (χ3v) is 4.49. The highest BCUT2D eigenvalue weighted by Gasteiger charge is 2.29. The summed E-state index contributed by atoms with van der Waals surface area (Å²) in [5.41, 5.74) is 2.29. The van der Waals surface area contributed by atoms with Gasteiger partial charge in [-0.3, -0.25) is 4.79 Å². The third kappa shape index (κ3) is 2.89. The molecule has 1 aliphatic carbocycles. The van der Waals surface area contributed by atoms with Crippen LogP contribution in [0.2, 0.25) is 0 Å². The van der Waals surface area contributed by atoms with Crippen LogP contribution in [0.25, 0.3) is 0 Å². The zero-order valence-electron chi connectivity index (χ0n) is 12.9. The number of imidazole rings is 1. The van der Waals surface area contributed by atoms with Gasteiger partial charge in [0.15, 0.2) is 0 Å². The van der Waals surface area contributed by atoms with Crippen molar-refractivity contribution in [3.63, 3.8) is 0 Å². The number of aromatic nitrogens is 2. The smallest absolute Gasteiger partial charge is 0.306 e. The Morgan fingerprint density at radius 3 is 2.60 bits per heavy atom. The SMILES string of the molecule is CCCC(CCC)c1nc2c(n1C)CCC(C(=O)O)C2. The van der Waals surface area contributed by atoms with E-state index in [4.69, 9.17) is 4.98 Å². The fourth-order valence-electron chi connectivity index (χ4n) is 3.41.